The van der Waals surface area contributed by atoms with Crippen molar-refractivity contribution in [3.05, 3.63) is 24.3 Å². The molecule has 0 fully saturated rings. The fraction of sp³-hybridized carbons (Fsp3) is 0.667. The third-order valence-corrected chi connectivity index (χ3v) is 6.13. The summed E-state index contributed by atoms with van der Waals surface area (Å²) in [4.78, 5) is 2.55. The molecule has 0 heterocycles. The highest BCUT2D eigenvalue weighted by molar-refractivity contribution is 7.89. The van der Waals surface area contributed by atoms with E-state index in [-0.39, 0.29) is 0 Å². The second kappa shape index (κ2) is 10.7. The monoisotopic (exact) mass is 356 g/mol. The number of unbranched alkanes of at least 4 members (excludes halogenated alkanes) is 1. The third kappa shape index (κ3) is 6.07. The van der Waals surface area contributed by atoms with Gasteiger partial charge >= 0.3 is 0 Å². The molecule has 1 aromatic carbocycles. The minimum absolute atomic E-state index is 0.326. The average molecular weight is 357 g/mol. The van der Waals surface area contributed by atoms with Crippen molar-refractivity contribution >= 4 is 10.0 Å². The van der Waals surface area contributed by atoms with Crippen molar-refractivity contribution in [3.63, 3.8) is 0 Å². The van der Waals surface area contributed by atoms with Crippen LogP contribution in [0.15, 0.2) is 29.2 Å². The summed E-state index contributed by atoms with van der Waals surface area (Å²) in [5.74, 6) is 0.716. The van der Waals surface area contributed by atoms with Gasteiger partial charge in [0.25, 0.3) is 0 Å². The maximum absolute atomic E-state index is 12.8. The standard InChI is InChI=1S/C18H32N2O3S/c1-5-9-16-23-17-10-12-18(13-11-17)24(21,22)20(8-4)15-14-19(6-2)7-3/h10-13H,5-9,14-16H2,1-4H3. The first-order valence-electron chi connectivity index (χ1n) is 8.94. The summed E-state index contributed by atoms with van der Waals surface area (Å²) in [6.45, 7) is 12.4. The molecule has 0 aliphatic carbocycles. The topological polar surface area (TPSA) is 49.9 Å². The van der Waals surface area contributed by atoms with Gasteiger partial charge in [0.05, 0.1) is 11.5 Å². The Balaban J connectivity index is 2.77. The Morgan fingerprint density at radius 3 is 2.04 bits per heavy atom. The van der Waals surface area contributed by atoms with Crippen LogP contribution in [-0.4, -0.2) is 57.0 Å². The Labute approximate surface area is 147 Å². The van der Waals surface area contributed by atoms with E-state index in [0.717, 1.165) is 32.5 Å². The number of sulfonamides is 1. The van der Waals surface area contributed by atoms with E-state index in [9.17, 15) is 8.42 Å². The number of hydrogen-bond donors (Lipinski definition) is 0. The number of benzene rings is 1. The van der Waals surface area contributed by atoms with E-state index in [2.05, 4.69) is 25.7 Å². The summed E-state index contributed by atoms with van der Waals surface area (Å²) in [5, 5.41) is 0. The highest BCUT2D eigenvalue weighted by Gasteiger charge is 2.23. The van der Waals surface area contributed by atoms with E-state index in [0.29, 0.717) is 30.3 Å². The first-order valence-corrected chi connectivity index (χ1v) is 10.4. The minimum atomic E-state index is -3.45. The smallest absolute Gasteiger partial charge is 0.243 e. The second-order valence-electron chi connectivity index (χ2n) is 5.70. The molecule has 0 saturated carbocycles. The highest BCUT2D eigenvalue weighted by atomic mass is 32.2. The molecular weight excluding hydrogens is 324 g/mol. The highest BCUT2D eigenvalue weighted by Crippen LogP contribution is 2.19. The normalized spacial score (nSPS) is 12.1. The molecule has 5 nitrogen and oxygen atoms in total. The van der Waals surface area contributed by atoms with Gasteiger partial charge in [0.1, 0.15) is 5.75 Å². The summed E-state index contributed by atoms with van der Waals surface area (Å²) in [6.07, 6.45) is 2.07. The molecule has 0 saturated heterocycles. The zero-order valence-electron chi connectivity index (χ0n) is 15.5. The molecule has 0 spiro atoms. The predicted molar refractivity (Wildman–Crippen MR) is 99.1 cm³/mol. The van der Waals surface area contributed by atoms with Crippen LogP contribution in [0.25, 0.3) is 0 Å². The molecule has 0 aliphatic heterocycles. The van der Waals surface area contributed by atoms with Gasteiger partial charge in [-0.3, -0.25) is 0 Å². The molecule has 1 aromatic rings. The molecule has 0 unspecified atom stereocenters. The average Bonchev–Trinajstić information content (AvgIpc) is 2.59. The van der Waals surface area contributed by atoms with Gasteiger partial charge in [-0.05, 0) is 43.8 Å². The van der Waals surface area contributed by atoms with Crippen LogP contribution >= 0.6 is 0 Å². The SMILES string of the molecule is CCCCOc1ccc(S(=O)(=O)N(CC)CCN(CC)CC)cc1. The third-order valence-electron chi connectivity index (χ3n) is 4.14. The maximum atomic E-state index is 12.8. The maximum Gasteiger partial charge on any atom is 0.243 e. The number of rotatable bonds is 12. The van der Waals surface area contributed by atoms with Crippen molar-refractivity contribution < 1.29 is 13.2 Å². The predicted octanol–water partition coefficient (Wildman–Crippen LogP) is 3.22. The Morgan fingerprint density at radius 2 is 1.54 bits per heavy atom. The van der Waals surface area contributed by atoms with Gasteiger partial charge in [-0.15, -0.1) is 0 Å². The lowest BCUT2D eigenvalue weighted by molar-refractivity contribution is 0.274. The summed E-state index contributed by atoms with van der Waals surface area (Å²) in [6, 6.07) is 6.74. The first kappa shape index (κ1) is 20.9. The molecule has 0 aliphatic rings. The quantitative estimate of drug-likeness (QED) is 0.540. The van der Waals surface area contributed by atoms with Gasteiger partial charge in [-0.2, -0.15) is 4.31 Å². The van der Waals surface area contributed by atoms with Crippen molar-refractivity contribution in [1.82, 2.24) is 9.21 Å². The van der Waals surface area contributed by atoms with Gasteiger partial charge < -0.3 is 9.64 Å². The fourth-order valence-electron chi connectivity index (χ4n) is 2.43. The minimum Gasteiger partial charge on any atom is -0.494 e. The van der Waals surface area contributed by atoms with Crippen LogP contribution in [0.3, 0.4) is 0 Å². The fourth-order valence-corrected chi connectivity index (χ4v) is 3.87. The van der Waals surface area contributed by atoms with E-state index in [1.807, 2.05) is 6.92 Å². The zero-order chi connectivity index (χ0) is 18.0. The molecule has 0 amide bonds. The van der Waals surface area contributed by atoms with Crippen molar-refractivity contribution in [2.45, 2.75) is 45.4 Å². The Hall–Kier alpha value is -1.11. The first-order chi connectivity index (χ1) is 11.5. The van der Waals surface area contributed by atoms with Crippen LogP contribution < -0.4 is 4.74 Å². The Morgan fingerprint density at radius 1 is 0.917 bits per heavy atom. The lowest BCUT2D eigenvalue weighted by atomic mass is 10.3. The van der Waals surface area contributed by atoms with Crippen LogP contribution in [0.2, 0.25) is 0 Å². The summed E-state index contributed by atoms with van der Waals surface area (Å²) >= 11 is 0. The Bertz CT molecular complexity index is 554. The van der Waals surface area contributed by atoms with Gasteiger partial charge in [-0.25, -0.2) is 8.42 Å². The largest absolute Gasteiger partial charge is 0.494 e. The summed E-state index contributed by atoms with van der Waals surface area (Å²) < 4.78 is 32.7. The van der Waals surface area contributed by atoms with Crippen LogP contribution in [0.5, 0.6) is 5.75 Å². The molecule has 24 heavy (non-hydrogen) atoms. The number of nitrogens with zero attached hydrogens (tertiary/aromatic N) is 2. The molecular formula is C18H32N2O3S. The van der Waals surface area contributed by atoms with Gasteiger partial charge in [0, 0.05) is 19.6 Å². The van der Waals surface area contributed by atoms with E-state index in [1.54, 1.807) is 24.3 Å². The zero-order valence-corrected chi connectivity index (χ0v) is 16.3. The van der Waals surface area contributed by atoms with Crippen LogP contribution in [0, 0.1) is 0 Å². The van der Waals surface area contributed by atoms with E-state index in [4.69, 9.17) is 4.74 Å². The molecule has 0 aromatic heterocycles. The molecule has 0 N–H and O–H groups in total. The lowest BCUT2D eigenvalue weighted by Crippen LogP contribution is -2.38. The molecule has 0 bridgehead atoms. The summed E-state index contributed by atoms with van der Waals surface area (Å²) in [7, 11) is -3.45. The lowest BCUT2D eigenvalue weighted by Gasteiger charge is -2.25. The summed E-state index contributed by atoms with van der Waals surface area (Å²) in [5.41, 5.74) is 0. The second-order valence-corrected chi connectivity index (χ2v) is 7.63. The van der Waals surface area contributed by atoms with Crippen LogP contribution in [-0.2, 0) is 10.0 Å². The number of hydrogen-bond acceptors (Lipinski definition) is 4. The van der Waals surface area contributed by atoms with Crippen molar-refractivity contribution in [3.8, 4) is 5.75 Å². The van der Waals surface area contributed by atoms with Crippen LogP contribution in [0.1, 0.15) is 40.5 Å². The van der Waals surface area contributed by atoms with Gasteiger partial charge in [0.15, 0.2) is 0 Å². The van der Waals surface area contributed by atoms with Crippen molar-refractivity contribution in [2.75, 3.05) is 39.3 Å². The van der Waals surface area contributed by atoms with Crippen LogP contribution in [0.4, 0.5) is 0 Å². The molecule has 6 heteroatoms. The Kier molecular flexibility index (Phi) is 9.33. The van der Waals surface area contributed by atoms with E-state index in [1.165, 1.54) is 4.31 Å². The number of ether oxygens (including phenoxy) is 1. The van der Waals surface area contributed by atoms with Gasteiger partial charge in [-0.1, -0.05) is 34.1 Å². The number of likely N-dealkylation sites (N-methyl/N-ethyl adjacent to an activating group) is 2. The van der Waals surface area contributed by atoms with E-state index < -0.39 is 10.0 Å². The molecule has 1 rings (SSSR count). The van der Waals surface area contributed by atoms with Crippen molar-refractivity contribution in [1.29, 1.82) is 0 Å². The molecule has 0 radical (unpaired) electrons. The van der Waals surface area contributed by atoms with Crippen molar-refractivity contribution in [2.24, 2.45) is 0 Å². The van der Waals surface area contributed by atoms with Gasteiger partial charge in [0.2, 0.25) is 10.0 Å². The molecule has 0 atom stereocenters. The molecule has 138 valence electrons. The van der Waals surface area contributed by atoms with E-state index >= 15 is 0 Å².